The van der Waals surface area contributed by atoms with Gasteiger partial charge in [0, 0.05) is 12.0 Å². The molecule has 3 aromatic carbocycles. The maximum absolute atomic E-state index is 13.4. The van der Waals surface area contributed by atoms with Crippen molar-refractivity contribution in [3.05, 3.63) is 113 Å². The summed E-state index contributed by atoms with van der Waals surface area (Å²) in [4.78, 5) is 9.50. The normalized spacial score (nSPS) is 16.3. The van der Waals surface area contributed by atoms with Crippen LogP contribution >= 0.6 is 0 Å². The number of nitrogens with zero attached hydrogens (tertiary/aromatic N) is 2. The highest BCUT2D eigenvalue weighted by Crippen LogP contribution is 2.36. The van der Waals surface area contributed by atoms with Crippen molar-refractivity contribution < 1.29 is 17.7 Å². The molecule has 0 aliphatic carbocycles. The van der Waals surface area contributed by atoms with E-state index in [0.717, 1.165) is 27.8 Å². The lowest BCUT2D eigenvalue weighted by atomic mass is 9.79. The Morgan fingerprint density at radius 2 is 1.38 bits per heavy atom. The van der Waals surface area contributed by atoms with E-state index in [2.05, 4.69) is 4.98 Å². The van der Waals surface area contributed by atoms with Gasteiger partial charge in [-0.25, -0.2) is 13.4 Å². The summed E-state index contributed by atoms with van der Waals surface area (Å²) < 4.78 is 39.0. The number of aryl methyl sites for hydroxylation is 1. The van der Waals surface area contributed by atoms with Crippen molar-refractivity contribution in [3.63, 3.8) is 0 Å². The molecular weight excluding hydrogens is 519 g/mol. The zero-order chi connectivity index (χ0) is 28.5. The lowest BCUT2D eigenvalue weighted by Crippen LogP contribution is -2.41. The topological polar surface area (TPSA) is 78.4 Å². The number of benzene rings is 3. The lowest BCUT2D eigenvalue weighted by molar-refractivity contribution is 0.00578. The van der Waals surface area contributed by atoms with Gasteiger partial charge < -0.3 is 9.31 Å². The molecule has 0 N–H and O–H groups in total. The van der Waals surface area contributed by atoms with E-state index in [0.29, 0.717) is 23.4 Å². The molecular formula is C32H35BN2O4S. The summed E-state index contributed by atoms with van der Waals surface area (Å²) in [5, 5.41) is 0. The van der Waals surface area contributed by atoms with Crippen LogP contribution in [0.15, 0.2) is 85.1 Å². The Bertz CT molecular complexity index is 1570. The Hall–Kier alpha value is -3.33. The van der Waals surface area contributed by atoms with E-state index in [1.807, 2.05) is 113 Å². The molecule has 0 atom stereocenters. The average molecular weight is 555 g/mol. The SMILES string of the molecule is Cc1ccc(-c2cnc(CS(=O)(=O)Cc3ccc(B4OC(C)(C)C(C)(C)O4)cc3)c(Cc3ccccc3)n2)cc1. The van der Waals surface area contributed by atoms with Crippen molar-refractivity contribution in [1.82, 2.24) is 9.97 Å². The first-order valence-corrected chi connectivity index (χ1v) is 15.3. The zero-order valence-corrected chi connectivity index (χ0v) is 24.5. The van der Waals surface area contributed by atoms with E-state index in [1.165, 1.54) is 0 Å². The first kappa shape index (κ1) is 28.2. The van der Waals surface area contributed by atoms with Crippen LogP contribution in [0.5, 0.6) is 0 Å². The largest absolute Gasteiger partial charge is 0.494 e. The molecule has 0 unspecified atom stereocenters. The molecule has 1 saturated heterocycles. The van der Waals surface area contributed by atoms with Gasteiger partial charge in [-0.3, -0.25) is 4.98 Å². The van der Waals surface area contributed by atoms with Gasteiger partial charge in [-0.05, 0) is 51.2 Å². The van der Waals surface area contributed by atoms with E-state index >= 15 is 0 Å². The second-order valence-electron chi connectivity index (χ2n) is 11.5. The Labute approximate surface area is 237 Å². The fraction of sp³-hybridized carbons (Fsp3) is 0.312. The van der Waals surface area contributed by atoms with Gasteiger partial charge in [-0.15, -0.1) is 0 Å². The molecule has 0 amide bonds. The van der Waals surface area contributed by atoms with Crippen LogP contribution in [-0.2, 0) is 37.1 Å². The Balaban J connectivity index is 1.36. The minimum atomic E-state index is -3.52. The van der Waals surface area contributed by atoms with Gasteiger partial charge in [0.25, 0.3) is 0 Å². The summed E-state index contributed by atoms with van der Waals surface area (Å²) in [6.07, 6.45) is 2.17. The first-order chi connectivity index (χ1) is 18.9. The van der Waals surface area contributed by atoms with Crippen molar-refractivity contribution >= 4 is 22.4 Å². The van der Waals surface area contributed by atoms with Gasteiger partial charge in [0.15, 0.2) is 9.84 Å². The van der Waals surface area contributed by atoms with Crippen LogP contribution in [0.25, 0.3) is 11.3 Å². The third-order valence-electron chi connectivity index (χ3n) is 7.74. The lowest BCUT2D eigenvalue weighted by Gasteiger charge is -2.32. The predicted molar refractivity (Wildman–Crippen MR) is 160 cm³/mol. The molecule has 0 bridgehead atoms. The average Bonchev–Trinajstić information content (AvgIpc) is 3.12. The van der Waals surface area contributed by atoms with Crippen LogP contribution in [-0.4, -0.2) is 36.7 Å². The Morgan fingerprint density at radius 1 is 0.750 bits per heavy atom. The Morgan fingerprint density at radius 3 is 2.00 bits per heavy atom. The molecule has 40 heavy (non-hydrogen) atoms. The second-order valence-corrected chi connectivity index (χ2v) is 13.6. The van der Waals surface area contributed by atoms with Crippen molar-refractivity contribution in [2.24, 2.45) is 0 Å². The summed E-state index contributed by atoms with van der Waals surface area (Å²) in [6, 6.07) is 25.4. The molecule has 0 spiro atoms. The minimum absolute atomic E-state index is 0.0944. The van der Waals surface area contributed by atoms with Crippen molar-refractivity contribution in [3.8, 4) is 11.3 Å². The number of hydrogen-bond acceptors (Lipinski definition) is 6. The van der Waals surface area contributed by atoms with E-state index in [1.54, 1.807) is 6.20 Å². The van der Waals surface area contributed by atoms with Crippen LogP contribution < -0.4 is 5.46 Å². The zero-order valence-electron chi connectivity index (χ0n) is 23.7. The molecule has 0 radical (unpaired) electrons. The van der Waals surface area contributed by atoms with Crippen LogP contribution in [0.4, 0.5) is 0 Å². The molecule has 1 aliphatic heterocycles. The highest BCUT2D eigenvalue weighted by molar-refractivity contribution is 7.89. The van der Waals surface area contributed by atoms with E-state index < -0.39 is 28.2 Å². The molecule has 206 valence electrons. The fourth-order valence-corrected chi connectivity index (χ4v) is 6.09. The van der Waals surface area contributed by atoms with Crippen molar-refractivity contribution in [2.45, 2.75) is 63.7 Å². The monoisotopic (exact) mass is 554 g/mol. The smallest absolute Gasteiger partial charge is 0.399 e. The maximum Gasteiger partial charge on any atom is 0.494 e. The van der Waals surface area contributed by atoms with Gasteiger partial charge in [-0.2, -0.15) is 0 Å². The molecule has 8 heteroatoms. The highest BCUT2D eigenvalue weighted by Gasteiger charge is 2.51. The van der Waals surface area contributed by atoms with E-state index in [9.17, 15) is 8.42 Å². The summed E-state index contributed by atoms with van der Waals surface area (Å²) in [6.45, 7) is 10.1. The molecule has 2 heterocycles. The van der Waals surface area contributed by atoms with Gasteiger partial charge in [0.2, 0.25) is 0 Å². The third-order valence-corrected chi connectivity index (χ3v) is 9.23. The third kappa shape index (κ3) is 6.35. The molecule has 4 aromatic rings. The first-order valence-electron chi connectivity index (χ1n) is 13.5. The predicted octanol–water partition coefficient (Wildman–Crippen LogP) is 5.46. The van der Waals surface area contributed by atoms with Crippen LogP contribution in [0.3, 0.4) is 0 Å². The van der Waals surface area contributed by atoms with Crippen LogP contribution in [0, 0.1) is 6.92 Å². The summed E-state index contributed by atoms with van der Waals surface area (Å²) >= 11 is 0. The number of rotatable bonds is 8. The van der Waals surface area contributed by atoms with Gasteiger partial charge in [0.05, 0.1) is 46.0 Å². The molecule has 1 fully saturated rings. The molecule has 5 rings (SSSR count). The summed E-state index contributed by atoms with van der Waals surface area (Å²) in [5.74, 6) is -0.280. The Kier molecular flexibility index (Phi) is 7.70. The van der Waals surface area contributed by atoms with Gasteiger partial charge >= 0.3 is 7.12 Å². The van der Waals surface area contributed by atoms with Crippen LogP contribution in [0.2, 0.25) is 0 Å². The fourth-order valence-electron chi connectivity index (χ4n) is 4.63. The quantitative estimate of drug-likeness (QED) is 0.270. The maximum atomic E-state index is 13.4. The summed E-state index contributed by atoms with van der Waals surface area (Å²) in [7, 11) is -4.01. The standard InChI is InChI=1S/C32H35BN2O4S/c1-23-11-15-26(16-12-23)29-20-34-30(28(35-29)19-24-9-7-6-8-10-24)22-40(36,37)21-25-13-17-27(18-14-25)33-38-31(2,3)32(4,5)39-33/h6-18,20H,19,21-22H2,1-5H3. The number of sulfone groups is 1. The molecule has 6 nitrogen and oxygen atoms in total. The number of aromatic nitrogens is 2. The molecule has 1 aromatic heterocycles. The van der Waals surface area contributed by atoms with Gasteiger partial charge in [0.1, 0.15) is 0 Å². The minimum Gasteiger partial charge on any atom is -0.399 e. The highest BCUT2D eigenvalue weighted by atomic mass is 32.2. The second kappa shape index (κ2) is 10.9. The van der Waals surface area contributed by atoms with E-state index in [4.69, 9.17) is 14.3 Å². The van der Waals surface area contributed by atoms with Gasteiger partial charge in [-0.1, -0.05) is 84.4 Å². The van der Waals surface area contributed by atoms with Crippen molar-refractivity contribution in [2.75, 3.05) is 0 Å². The van der Waals surface area contributed by atoms with Crippen molar-refractivity contribution in [1.29, 1.82) is 0 Å². The number of hydrogen-bond donors (Lipinski definition) is 0. The summed E-state index contributed by atoms with van der Waals surface area (Å²) in [5.41, 5.74) is 5.73. The molecule has 1 aliphatic rings. The molecule has 0 saturated carbocycles. The van der Waals surface area contributed by atoms with E-state index in [-0.39, 0.29) is 11.5 Å². The van der Waals surface area contributed by atoms with Crippen LogP contribution in [0.1, 0.15) is 55.8 Å².